The van der Waals surface area contributed by atoms with Gasteiger partial charge in [0.1, 0.15) is 6.33 Å². The standard InChI is InChI=1S/C10H16.C4H4N2/c1-7-4-5-8-6-9(7)10(8,2)3;1-2-5-4-6-3-1/h8H,4-6H2,1-3H3;1-4H. The first-order valence-electron chi connectivity index (χ1n) is 6.01. The van der Waals surface area contributed by atoms with Gasteiger partial charge in [-0.25, -0.2) is 9.97 Å². The molecule has 4 rings (SSSR count). The Morgan fingerprint density at radius 3 is 2.19 bits per heavy atom. The molecule has 1 aromatic rings. The first-order valence-corrected chi connectivity index (χ1v) is 6.01. The molecule has 1 unspecified atom stereocenters. The third-order valence-corrected chi connectivity index (χ3v) is 4.11. The summed E-state index contributed by atoms with van der Waals surface area (Å²) in [5.41, 5.74) is 4.04. The Balaban J connectivity index is 0.000000138. The van der Waals surface area contributed by atoms with Crippen molar-refractivity contribution in [1.29, 1.82) is 0 Å². The molecule has 2 bridgehead atoms. The van der Waals surface area contributed by atoms with Crippen molar-refractivity contribution in [3.8, 4) is 0 Å². The number of allylic oxidation sites excluding steroid dienone is 2. The Bertz CT molecular complexity index is 352. The minimum absolute atomic E-state index is 0.586. The smallest absolute Gasteiger partial charge is 0.115 e. The lowest BCUT2D eigenvalue weighted by Crippen LogP contribution is -2.41. The summed E-state index contributed by atoms with van der Waals surface area (Å²) in [4.78, 5) is 7.35. The van der Waals surface area contributed by atoms with Crippen molar-refractivity contribution < 1.29 is 0 Å². The zero-order chi connectivity index (χ0) is 11.6. The normalized spacial score (nSPS) is 25.3. The first kappa shape index (κ1) is 11.3. The number of aromatic nitrogens is 2. The Morgan fingerprint density at radius 2 is 1.94 bits per heavy atom. The topological polar surface area (TPSA) is 25.8 Å². The highest BCUT2D eigenvalue weighted by Crippen LogP contribution is 2.58. The maximum Gasteiger partial charge on any atom is 0.115 e. The number of hydrogen-bond donors (Lipinski definition) is 0. The molecule has 1 saturated carbocycles. The van der Waals surface area contributed by atoms with Crippen LogP contribution in [-0.2, 0) is 0 Å². The van der Waals surface area contributed by atoms with Crippen LogP contribution < -0.4 is 0 Å². The number of hydrogen-bond acceptors (Lipinski definition) is 2. The summed E-state index contributed by atoms with van der Waals surface area (Å²) in [5.74, 6) is 1.02. The summed E-state index contributed by atoms with van der Waals surface area (Å²) in [5, 5.41) is 0. The van der Waals surface area contributed by atoms with E-state index in [0.717, 1.165) is 5.92 Å². The zero-order valence-electron chi connectivity index (χ0n) is 10.4. The van der Waals surface area contributed by atoms with E-state index in [2.05, 4.69) is 30.7 Å². The van der Waals surface area contributed by atoms with Gasteiger partial charge in [0.25, 0.3) is 0 Å². The van der Waals surface area contributed by atoms with Gasteiger partial charge in [0.15, 0.2) is 0 Å². The van der Waals surface area contributed by atoms with Crippen LogP contribution in [0.5, 0.6) is 0 Å². The van der Waals surface area contributed by atoms with Crippen molar-refractivity contribution in [2.75, 3.05) is 0 Å². The lowest BCUT2D eigenvalue weighted by atomic mass is 9.52. The van der Waals surface area contributed by atoms with Crippen LogP contribution in [-0.4, -0.2) is 9.97 Å². The molecule has 2 nitrogen and oxygen atoms in total. The summed E-state index contributed by atoms with van der Waals surface area (Å²) in [6.07, 6.45) is 9.12. The van der Waals surface area contributed by atoms with E-state index in [4.69, 9.17) is 0 Å². The van der Waals surface area contributed by atoms with Crippen LogP contribution in [0.3, 0.4) is 0 Å². The van der Waals surface area contributed by atoms with Gasteiger partial charge < -0.3 is 0 Å². The van der Waals surface area contributed by atoms with E-state index in [1.807, 2.05) is 0 Å². The molecular formula is C14H20N2. The summed E-state index contributed by atoms with van der Waals surface area (Å²) in [7, 11) is 0. The molecule has 0 saturated heterocycles. The van der Waals surface area contributed by atoms with Crippen LogP contribution in [0.15, 0.2) is 35.9 Å². The molecule has 1 fully saturated rings. The van der Waals surface area contributed by atoms with Gasteiger partial charge in [-0.1, -0.05) is 25.0 Å². The average molecular weight is 216 g/mol. The summed E-state index contributed by atoms with van der Waals surface area (Å²) in [6.45, 7) is 7.12. The predicted molar refractivity (Wildman–Crippen MR) is 65.9 cm³/mol. The van der Waals surface area contributed by atoms with Crippen LogP contribution in [0.1, 0.15) is 40.0 Å². The van der Waals surface area contributed by atoms with E-state index in [9.17, 15) is 0 Å². The van der Waals surface area contributed by atoms with E-state index < -0.39 is 0 Å². The molecule has 2 heteroatoms. The number of fused-ring (bicyclic) bond motifs is 2. The third kappa shape index (κ3) is 2.01. The molecule has 0 spiro atoms. The molecule has 0 aliphatic heterocycles. The van der Waals surface area contributed by atoms with Crippen molar-refractivity contribution in [2.45, 2.75) is 40.0 Å². The molecule has 0 amide bonds. The van der Waals surface area contributed by atoms with Crippen LogP contribution >= 0.6 is 0 Å². The van der Waals surface area contributed by atoms with Crippen molar-refractivity contribution >= 4 is 0 Å². The minimum Gasteiger partial charge on any atom is -0.245 e. The van der Waals surface area contributed by atoms with Gasteiger partial charge in [0.05, 0.1) is 0 Å². The molecule has 0 aromatic carbocycles. The quantitative estimate of drug-likeness (QED) is 0.619. The summed E-state index contributed by atoms with van der Waals surface area (Å²) < 4.78 is 0. The highest BCUT2D eigenvalue weighted by atomic mass is 14.8. The Kier molecular flexibility index (Phi) is 3.08. The van der Waals surface area contributed by atoms with E-state index >= 15 is 0 Å². The SMILES string of the molecule is CC1=C2CC(CC1)C2(C)C.c1cncnc1. The van der Waals surface area contributed by atoms with E-state index in [0.29, 0.717) is 5.41 Å². The summed E-state index contributed by atoms with van der Waals surface area (Å²) >= 11 is 0. The van der Waals surface area contributed by atoms with Crippen LogP contribution in [0.25, 0.3) is 0 Å². The molecule has 1 atom stereocenters. The fourth-order valence-corrected chi connectivity index (χ4v) is 2.86. The Hall–Kier alpha value is -1.18. The molecule has 0 N–H and O–H groups in total. The van der Waals surface area contributed by atoms with E-state index in [1.165, 1.54) is 25.6 Å². The molecule has 1 heterocycles. The second-order valence-electron chi connectivity index (χ2n) is 5.32. The minimum atomic E-state index is 0.586. The number of nitrogens with zero attached hydrogens (tertiary/aromatic N) is 2. The maximum absolute atomic E-state index is 3.67. The van der Waals surface area contributed by atoms with Crippen molar-refractivity contribution in [3.63, 3.8) is 0 Å². The maximum atomic E-state index is 3.67. The van der Waals surface area contributed by atoms with Crippen molar-refractivity contribution in [1.82, 2.24) is 9.97 Å². The monoisotopic (exact) mass is 216 g/mol. The van der Waals surface area contributed by atoms with Crippen LogP contribution in [0.2, 0.25) is 0 Å². The van der Waals surface area contributed by atoms with Gasteiger partial charge in [-0.05, 0) is 43.6 Å². The van der Waals surface area contributed by atoms with Gasteiger partial charge in [-0.3, -0.25) is 0 Å². The van der Waals surface area contributed by atoms with Gasteiger partial charge in [0.2, 0.25) is 0 Å². The Labute approximate surface area is 97.8 Å². The molecule has 0 radical (unpaired) electrons. The van der Waals surface area contributed by atoms with Crippen LogP contribution in [0.4, 0.5) is 0 Å². The second-order valence-corrected chi connectivity index (χ2v) is 5.32. The average Bonchev–Trinajstić information content (AvgIpc) is 2.31. The lowest BCUT2D eigenvalue weighted by molar-refractivity contribution is 0.133. The molecule has 86 valence electrons. The molecule has 3 aliphatic rings. The third-order valence-electron chi connectivity index (χ3n) is 4.11. The first-order chi connectivity index (χ1) is 7.62. The van der Waals surface area contributed by atoms with Crippen LogP contribution in [0, 0.1) is 11.3 Å². The molecule has 16 heavy (non-hydrogen) atoms. The Morgan fingerprint density at radius 1 is 1.25 bits per heavy atom. The van der Waals surface area contributed by atoms with Gasteiger partial charge >= 0.3 is 0 Å². The van der Waals surface area contributed by atoms with E-state index in [-0.39, 0.29) is 0 Å². The van der Waals surface area contributed by atoms with Gasteiger partial charge in [-0.2, -0.15) is 0 Å². The largest absolute Gasteiger partial charge is 0.245 e. The highest BCUT2D eigenvalue weighted by molar-refractivity contribution is 5.32. The fraction of sp³-hybridized carbons (Fsp3) is 0.571. The highest BCUT2D eigenvalue weighted by Gasteiger charge is 2.46. The van der Waals surface area contributed by atoms with Gasteiger partial charge in [0, 0.05) is 12.4 Å². The van der Waals surface area contributed by atoms with Gasteiger partial charge in [-0.15, -0.1) is 0 Å². The van der Waals surface area contributed by atoms with Crippen molar-refractivity contribution in [3.05, 3.63) is 35.9 Å². The number of rotatable bonds is 0. The zero-order valence-corrected chi connectivity index (χ0v) is 10.4. The molecule has 1 aromatic heterocycles. The lowest BCUT2D eigenvalue weighted by Gasteiger charge is -2.52. The van der Waals surface area contributed by atoms with E-state index in [1.54, 1.807) is 29.6 Å². The summed E-state index contributed by atoms with van der Waals surface area (Å²) in [6, 6.07) is 1.78. The second kappa shape index (κ2) is 4.36. The van der Waals surface area contributed by atoms with Crippen molar-refractivity contribution in [2.24, 2.45) is 11.3 Å². The molecule has 3 aliphatic carbocycles. The molecular weight excluding hydrogens is 196 g/mol. The fourth-order valence-electron chi connectivity index (χ4n) is 2.86. The predicted octanol–water partition coefficient (Wildman–Crippen LogP) is 3.62.